The smallest absolute Gasteiger partial charge is 0.262 e. The Balaban J connectivity index is 1.32. The van der Waals surface area contributed by atoms with Gasteiger partial charge in [0.25, 0.3) is 12.3 Å². The zero-order valence-electron chi connectivity index (χ0n) is 19.1. The van der Waals surface area contributed by atoms with Gasteiger partial charge in [-0.05, 0) is 24.6 Å². The average Bonchev–Trinajstić information content (AvgIpc) is 3.57. The number of carbonyl (C=O) groups excluding carboxylic acids is 1. The van der Waals surface area contributed by atoms with Crippen LogP contribution >= 0.6 is 0 Å². The van der Waals surface area contributed by atoms with E-state index < -0.39 is 17.9 Å². The van der Waals surface area contributed by atoms with Crippen molar-refractivity contribution in [3.8, 4) is 22.8 Å². The molecule has 2 atom stereocenters. The zero-order chi connectivity index (χ0) is 24.6. The summed E-state index contributed by atoms with van der Waals surface area (Å²) >= 11 is 0. The molecular formula is C23H25F2N7O3. The fourth-order valence-corrected chi connectivity index (χ4v) is 4.46. The van der Waals surface area contributed by atoms with E-state index in [1.54, 1.807) is 42.4 Å². The second-order valence-electron chi connectivity index (χ2n) is 8.87. The van der Waals surface area contributed by atoms with Crippen molar-refractivity contribution in [3.63, 3.8) is 0 Å². The van der Waals surface area contributed by atoms with Crippen LogP contribution in [0.2, 0.25) is 0 Å². The van der Waals surface area contributed by atoms with Crippen LogP contribution in [0.3, 0.4) is 0 Å². The zero-order valence-corrected chi connectivity index (χ0v) is 19.1. The third-order valence-corrected chi connectivity index (χ3v) is 6.36. The Labute approximate surface area is 200 Å². The number of amides is 1. The van der Waals surface area contributed by atoms with Crippen LogP contribution in [-0.4, -0.2) is 86.6 Å². The molecule has 2 fully saturated rings. The number of alkyl halides is 2. The molecule has 12 heteroatoms. The number of aromatic nitrogens is 4. The van der Waals surface area contributed by atoms with Gasteiger partial charge in [-0.2, -0.15) is 0 Å². The van der Waals surface area contributed by atoms with E-state index in [9.17, 15) is 18.7 Å². The summed E-state index contributed by atoms with van der Waals surface area (Å²) in [6, 6.07) is 8.57. The highest BCUT2D eigenvalue weighted by Crippen LogP contribution is 2.34. The first-order valence-electron chi connectivity index (χ1n) is 11.3. The Hall–Kier alpha value is -3.51. The van der Waals surface area contributed by atoms with E-state index in [0.29, 0.717) is 48.4 Å². The topological polar surface area (TPSA) is 121 Å². The van der Waals surface area contributed by atoms with Gasteiger partial charge in [-0.1, -0.05) is 11.2 Å². The molecule has 2 N–H and O–H groups in total. The largest absolute Gasteiger partial charge is 0.373 e. The first kappa shape index (κ1) is 23.2. The Morgan fingerprint density at radius 3 is 2.71 bits per heavy atom. The molecule has 2 aliphatic heterocycles. The van der Waals surface area contributed by atoms with Crippen LogP contribution in [0.4, 0.5) is 14.7 Å². The Morgan fingerprint density at radius 1 is 1.20 bits per heavy atom. The van der Waals surface area contributed by atoms with Crippen LogP contribution in [0, 0.1) is 0 Å². The Bertz CT molecular complexity index is 1220. The molecule has 35 heavy (non-hydrogen) atoms. The Kier molecular flexibility index (Phi) is 6.15. The Morgan fingerprint density at radius 2 is 1.97 bits per heavy atom. The number of nitrogens with zero attached hydrogens (tertiary/aromatic N) is 6. The van der Waals surface area contributed by atoms with E-state index in [4.69, 9.17) is 4.52 Å². The van der Waals surface area contributed by atoms with Crippen LogP contribution in [0.15, 0.2) is 41.1 Å². The van der Waals surface area contributed by atoms with Crippen molar-refractivity contribution >= 4 is 11.9 Å². The van der Waals surface area contributed by atoms with Crippen molar-refractivity contribution < 1.29 is 23.2 Å². The number of halogens is 2. The fraction of sp³-hybridized carbons (Fsp3) is 0.435. The summed E-state index contributed by atoms with van der Waals surface area (Å²) < 4.78 is 30.6. The predicted octanol–water partition coefficient (Wildman–Crippen LogP) is 1.99. The molecule has 1 amide bonds. The minimum absolute atomic E-state index is 0.0139. The molecular weight excluding hydrogens is 460 g/mol. The van der Waals surface area contributed by atoms with E-state index in [1.165, 1.54) is 11.0 Å². The molecule has 5 rings (SSSR count). The molecule has 1 unspecified atom stereocenters. The fourth-order valence-electron chi connectivity index (χ4n) is 4.46. The van der Waals surface area contributed by atoms with Gasteiger partial charge in [-0.3, -0.25) is 9.69 Å². The van der Waals surface area contributed by atoms with Crippen LogP contribution in [0.1, 0.15) is 18.6 Å². The number of hydrogen-bond donors (Lipinski definition) is 2. The van der Waals surface area contributed by atoms with E-state index >= 15 is 0 Å². The molecule has 2 aliphatic rings. The number of likely N-dealkylation sites (tertiary alicyclic amines) is 2. The highest BCUT2D eigenvalue weighted by Gasteiger charge is 2.48. The lowest BCUT2D eigenvalue weighted by Crippen LogP contribution is -2.35. The van der Waals surface area contributed by atoms with Gasteiger partial charge in [-0.25, -0.2) is 23.7 Å². The maximum atomic E-state index is 12.6. The van der Waals surface area contributed by atoms with E-state index in [-0.39, 0.29) is 24.8 Å². The maximum absolute atomic E-state index is 12.6. The number of aliphatic hydroxyl groups is 1. The van der Waals surface area contributed by atoms with Crippen molar-refractivity contribution in [2.75, 3.05) is 38.5 Å². The van der Waals surface area contributed by atoms with E-state index in [0.717, 1.165) is 6.42 Å². The lowest BCUT2D eigenvalue weighted by Gasteiger charge is -2.16. The summed E-state index contributed by atoms with van der Waals surface area (Å²) in [6.07, 6.45) is 0.210. The third kappa shape index (κ3) is 4.71. The number of nitrogens with one attached hydrogen (secondary N) is 1. The predicted molar refractivity (Wildman–Crippen MR) is 121 cm³/mol. The summed E-state index contributed by atoms with van der Waals surface area (Å²) in [6.45, 7) is 1.29. The van der Waals surface area contributed by atoms with Gasteiger partial charge in [0.05, 0.1) is 23.6 Å². The summed E-state index contributed by atoms with van der Waals surface area (Å²) in [4.78, 5) is 28.9. The quantitative estimate of drug-likeness (QED) is 0.518. The number of rotatable bonds is 7. The van der Waals surface area contributed by atoms with E-state index in [1.807, 2.05) is 0 Å². The second kappa shape index (κ2) is 9.27. The van der Waals surface area contributed by atoms with E-state index in [2.05, 4.69) is 25.4 Å². The van der Waals surface area contributed by atoms with Crippen LogP contribution in [-0.2, 0) is 10.4 Å². The monoisotopic (exact) mass is 485 g/mol. The van der Waals surface area contributed by atoms with Crippen molar-refractivity contribution in [2.24, 2.45) is 0 Å². The van der Waals surface area contributed by atoms with Crippen LogP contribution in [0.25, 0.3) is 22.8 Å². The minimum Gasteiger partial charge on any atom is -0.373 e. The number of likely N-dealkylation sites (N-methyl/N-ethyl adjacent to an activating group) is 1. The van der Waals surface area contributed by atoms with Crippen molar-refractivity contribution in [3.05, 3.63) is 42.3 Å². The molecule has 3 aromatic rings. The van der Waals surface area contributed by atoms with Crippen molar-refractivity contribution in [2.45, 2.75) is 30.9 Å². The van der Waals surface area contributed by atoms with Gasteiger partial charge in [0.2, 0.25) is 11.5 Å². The molecule has 184 valence electrons. The first-order chi connectivity index (χ1) is 16.8. The molecule has 0 bridgehead atoms. The molecule has 0 aromatic carbocycles. The number of pyridine rings is 1. The van der Waals surface area contributed by atoms with Gasteiger partial charge in [-0.15, -0.1) is 0 Å². The molecule has 0 radical (unpaired) electrons. The summed E-state index contributed by atoms with van der Waals surface area (Å²) in [5.41, 5.74) is 0.289. The van der Waals surface area contributed by atoms with Gasteiger partial charge in [0.1, 0.15) is 5.69 Å². The van der Waals surface area contributed by atoms with Gasteiger partial charge >= 0.3 is 0 Å². The minimum atomic E-state index is -2.35. The van der Waals surface area contributed by atoms with Gasteiger partial charge in [0.15, 0.2) is 5.76 Å². The summed E-state index contributed by atoms with van der Waals surface area (Å²) in [5.74, 6) is 0.0518. The third-order valence-electron chi connectivity index (χ3n) is 6.36. The maximum Gasteiger partial charge on any atom is 0.262 e. The van der Waals surface area contributed by atoms with Crippen molar-refractivity contribution in [1.29, 1.82) is 0 Å². The summed E-state index contributed by atoms with van der Waals surface area (Å²) in [5, 5.41) is 18.0. The molecule has 2 saturated heterocycles. The SMILES string of the molecule is CN1CC[C@@](O)(c2cc(-c3cccc(-c4ccnc(NC5CCN(CC(F)F)C5)n4)n3)no2)C1=O. The number of carbonyl (C=O) groups is 1. The highest BCUT2D eigenvalue weighted by atomic mass is 19.3. The van der Waals surface area contributed by atoms with Crippen LogP contribution in [0.5, 0.6) is 0 Å². The first-order valence-corrected chi connectivity index (χ1v) is 11.3. The van der Waals surface area contributed by atoms with Gasteiger partial charge in [0, 0.05) is 51.4 Å². The molecule has 10 nitrogen and oxygen atoms in total. The van der Waals surface area contributed by atoms with Gasteiger partial charge < -0.3 is 19.8 Å². The molecule has 3 aromatic heterocycles. The highest BCUT2D eigenvalue weighted by molar-refractivity contribution is 5.87. The lowest BCUT2D eigenvalue weighted by molar-refractivity contribution is -0.144. The summed E-state index contributed by atoms with van der Waals surface area (Å²) in [7, 11) is 1.62. The van der Waals surface area contributed by atoms with Crippen molar-refractivity contribution in [1.82, 2.24) is 29.9 Å². The normalized spacial score (nSPS) is 22.9. The molecule has 5 heterocycles. The molecule has 0 saturated carbocycles. The standard InChI is InChI=1S/C23H25F2N7O3/c1-31-10-7-23(34,21(31)33)19-11-18(30-35-19)16-4-2-3-15(28-16)17-5-8-26-22(29-17)27-14-6-9-32(12-14)13-20(24)25/h2-5,8,11,14,20,34H,6-7,9-10,12-13H2,1H3,(H,26,27,29)/t14?,23-/m1/s1. The van der Waals surface area contributed by atoms with Crippen LogP contribution < -0.4 is 5.32 Å². The number of hydrogen-bond acceptors (Lipinski definition) is 9. The number of anilines is 1. The lowest BCUT2D eigenvalue weighted by atomic mass is 9.98. The second-order valence-corrected chi connectivity index (χ2v) is 8.87. The average molecular weight is 485 g/mol. The molecule has 0 spiro atoms. The molecule has 0 aliphatic carbocycles.